The average molecular weight is 536 g/mol. The second kappa shape index (κ2) is 9.08. The van der Waals surface area contributed by atoms with E-state index >= 15 is 0 Å². The Labute approximate surface area is 196 Å². The summed E-state index contributed by atoms with van der Waals surface area (Å²) in [5, 5.41) is 0. The van der Waals surface area contributed by atoms with Crippen LogP contribution in [0.1, 0.15) is 27.0 Å². The highest BCUT2D eigenvalue weighted by atomic mass is 79.9. The molecular weight excluding hydrogens is 520 g/mol. The van der Waals surface area contributed by atoms with Gasteiger partial charge in [0, 0.05) is 30.0 Å². The number of carbonyl (C=O) groups is 1. The molecule has 2 aliphatic rings. The Hall–Kier alpha value is -2.89. The molecule has 0 saturated heterocycles. The smallest absolute Gasteiger partial charge is 0.194 e. The molecule has 4 aromatic carbocycles. The van der Waals surface area contributed by atoms with Crippen molar-refractivity contribution in [2.75, 3.05) is 0 Å². The van der Waals surface area contributed by atoms with Crippen molar-refractivity contribution in [3.05, 3.63) is 126 Å². The monoisotopic (exact) mass is 534 g/mol. The van der Waals surface area contributed by atoms with E-state index in [-0.39, 0.29) is 5.78 Å². The Balaban J connectivity index is 0.000000139. The normalized spacial score (nSPS) is 11.7. The van der Waals surface area contributed by atoms with Crippen LogP contribution in [0.25, 0.3) is 22.3 Å². The van der Waals surface area contributed by atoms with Crippen LogP contribution in [-0.4, -0.2) is 5.78 Å². The number of halogens is 2. The molecule has 152 valence electrons. The van der Waals surface area contributed by atoms with Crippen LogP contribution >= 0.6 is 31.9 Å². The molecule has 0 aromatic heterocycles. The third-order valence-electron chi connectivity index (χ3n) is 5.44. The fourth-order valence-corrected chi connectivity index (χ4v) is 4.88. The fourth-order valence-electron chi connectivity index (χ4n) is 4.11. The minimum absolute atomic E-state index is 0.127. The van der Waals surface area contributed by atoms with Gasteiger partial charge in [0.2, 0.25) is 0 Å². The van der Waals surface area contributed by atoms with Gasteiger partial charge in [0.15, 0.2) is 5.78 Å². The number of hydrogen-bond acceptors (Lipinski definition) is 3. The predicted octanol–water partition coefficient (Wildman–Crippen LogP) is 7.75. The van der Waals surface area contributed by atoms with E-state index < -0.39 is 0 Å². The Morgan fingerprint density at radius 3 is 1.77 bits per heavy atom. The molecule has 0 fully saturated rings. The summed E-state index contributed by atoms with van der Waals surface area (Å²) in [6.45, 7) is 0. The molecule has 0 unspecified atom stereocenters. The van der Waals surface area contributed by atoms with Crippen molar-refractivity contribution in [2.24, 2.45) is 0 Å². The van der Waals surface area contributed by atoms with Crippen LogP contribution in [0.5, 0.6) is 0 Å². The molecule has 3 nitrogen and oxygen atoms in total. The van der Waals surface area contributed by atoms with Gasteiger partial charge in [-0.25, -0.2) is 0 Å². The molecule has 31 heavy (non-hydrogen) atoms. The standard InChI is InChI=1S/C13H7BrO.C13H9Br.O2/c14-8-5-6-10-9-3-1-2-4-11(9)13(15)12(10)7-8;14-11-5-6-13-10(8-11)7-9-3-1-2-4-12(9)13;1-2/h1-7H;1-6,8H,7H2;. The zero-order chi connectivity index (χ0) is 22.0. The Bertz CT molecular complexity index is 1300. The van der Waals surface area contributed by atoms with Gasteiger partial charge in [0.05, 0.1) is 0 Å². The number of carbonyl (C=O) groups excluding carboxylic acids is 1. The molecule has 0 spiro atoms. The van der Waals surface area contributed by atoms with E-state index in [9.17, 15) is 4.79 Å². The SMILES string of the molecule is Brc1ccc2c(c1)Cc1ccccc1-2.O=C1c2ccccc2-c2ccc(Br)cc21.O=O. The second-order valence-electron chi connectivity index (χ2n) is 7.20. The highest BCUT2D eigenvalue weighted by Crippen LogP contribution is 2.38. The van der Waals surface area contributed by atoms with Gasteiger partial charge in [0.25, 0.3) is 0 Å². The number of ketones is 1. The van der Waals surface area contributed by atoms with Crippen LogP contribution in [0.4, 0.5) is 0 Å². The first kappa shape index (κ1) is 21.3. The molecule has 0 radical (unpaired) electrons. The molecule has 5 heteroatoms. The van der Waals surface area contributed by atoms with Crippen molar-refractivity contribution in [1.29, 1.82) is 0 Å². The topological polar surface area (TPSA) is 51.2 Å². The molecule has 0 amide bonds. The molecule has 0 saturated carbocycles. The van der Waals surface area contributed by atoms with Crippen LogP contribution in [-0.2, 0) is 6.42 Å². The van der Waals surface area contributed by atoms with Crippen LogP contribution in [0.3, 0.4) is 0 Å². The van der Waals surface area contributed by atoms with Crippen molar-refractivity contribution in [2.45, 2.75) is 6.42 Å². The Kier molecular flexibility index (Phi) is 6.25. The number of hydrogen-bond donors (Lipinski definition) is 0. The van der Waals surface area contributed by atoms with Crippen LogP contribution in [0.15, 0.2) is 93.9 Å². The number of rotatable bonds is 0. The van der Waals surface area contributed by atoms with E-state index in [1.54, 1.807) is 0 Å². The summed E-state index contributed by atoms with van der Waals surface area (Å²) in [6.07, 6.45) is 1.07. The first-order valence-electron chi connectivity index (χ1n) is 9.59. The summed E-state index contributed by atoms with van der Waals surface area (Å²) in [4.78, 5) is 26.0. The maximum atomic E-state index is 12.0. The van der Waals surface area contributed by atoms with E-state index in [1.807, 2.05) is 42.5 Å². The van der Waals surface area contributed by atoms with Crippen LogP contribution < -0.4 is 0 Å². The van der Waals surface area contributed by atoms with Crippen molar-refractivity contribution in [3.8, 4) is 22.3 Å². The van der Waals surface area contributed by atoms with Crippen molar-refractivity contribution < 1.29 is 4.79 Å². The predicted molar refractivity (Wildman–Crippen MR) is 132 cm³/mol. The van der Waals surface area contributed by atoms with Crippen molar-refractivity contribution in [1.82, 2.24) is 0 Å². The van der Waals surface area contributed by atoms with Crippen molar-refractivity contribution in [3.63, 3.8) is 0 Å². The lowest BCUT2D eigenvalue weighted by atomic mass is 10.1. The fraction of sp³-hybridized carbons (Fsp3) is 0.0385. The van der Waals surface area contributed by atoms with Crippen LogP contribution in [0, 0.1) is 9.93 Å². The van der Waals surface area contributed by atoms with E-state index in [0.717, 1.165) is 33.1 Å². The lowest BCUT2D eigenvalue weighted by molar-refractivity contribution is 0.104. The zero-order valence-corrected chi connectivity index (χ0v) is 19.4. The Morgan fingerprint density at radius 2 is 1.03 bits per heavy atom. The first-order valence-corrected chi connectivity index (χ1v) is 11.2. The van der Waals surface area contributed by atoms with Crippen LogP contribution in [0.2, 0.25) is 0 Å². The average Bonchev–Trinajstić information content (AvgIpc) is 3.30. The van der Waals surface area contributed by atoms with Gasteiger partial charge in [-0.1, -0.05) is 92.5 Å². The van der Waals surface area contributed by atoms with E-state index in [1.165, 1.54) is 26.7 Å². The van der Waals surface area contributed by atoms with Gasteiger partial charge in [-0.3, -0.25) is 4.79 Å². The van der Waals surface area contributed by atoms with E-state index in [2.05, 4.69) is 74.3 Å². The maximum absolute atomic E-state index is 12.0. The summed E-state index contributed by atoms with van der Waals surface area (Å²) >= 11 is 6.89. The molecular formula is C26H16Br2O3. The van der Waals surface area contributed by atoms with Gasteiger partial charge >= 0.3 is 0 Å². The first-order chi connectivity index (χ1) is 15.1. The molecule has 4 aromatic rings. The zero-order valence-electron chi connectivity index (χ0n) is 16.3. The van der Waals surface area contributed by atoms with Crippen molar-refractivity contribution >= 4 is 37.6 Å². The molecule has 0 atom stereocenters. The van der Waals surface area contributed by atoms with Gasteiger partial charge in [-0.2, -0.15) is 0 Å². The molecule has 0 aliphatic heterocycles. The lowest BCUT2D eigenvalue weighted by Crippen LogP contribution is -1.94. The van der Waals surface area contributed by atoms with Gasteiger partial charge in [-0.15, -0.1) is 0 Å². The molecule has 6 rings (SSSR count). The molecule has 0 bridgehead atoms. The summed E-state index contributed by atoms with van der Waals surface area (Å²) in [7, 11) is 0. The second-order valence-corrected chi connectivity index (χ2v) is 9.03. The van der Waals surface area contributed by atoms with Gasteiger partial charge in [0.1, 0.15) is 0 Å². The number of fused-ring (bicyclic) bond motifs is 6. The molecule has 0 heterocycles. The Morgan fingerprint density at radius 1 is 0.516 bits per heavy atom. The number of benzene rings is 4. The lowest BCUT2D eigenvalue weighted by Gasteiger charge is -1.99. The van der Waals surface area contributed by atoms with Gasteiger partial charge < -0.3 is 0 Å². The largest absolute Gasteiger partial charge is 0.289 e. The third-order valence-corrected chi connectivity index (χ3v) is 6.43. The summed E-state index contributed by atoms with van der Waals surface area (Å²) < 4.78 is 2.12. The minimum atomic E-state index is 0.127. The summed E-state index contributed by atoms with van der Waals surface area (Å²) in [5.41, 5.74) is 9.36. The quantitative estimate of drug-likeness (QED) is 0.200. The highest BCUT2D eigenvalue weighted by molar-refractivity contribution is 9.10. The maximum Gasteiger partial charge on any atom is 0.194 e. The van der Waals surface area contributed by atoms with E-state index in [0.29, 0.717) is 0 Å². The highest BCUT2D eigenvalue weighted by Gasteiger charge is 2.25. The molecule has 0 N–H and O–H groups in total. The van der Waals surface area contributed by atoms with E-state index in [4.69, 9.17) is 9.93 Å². The summed E-state index contributed by atoms with van der Waals surface area (Å²) in [6, 6.07) is 28.7. The molecule has 2 aliphatic carbocycles. The van der Waals surface area contributed by atoms with Gasteiger partial charge in [-0.05, 0) is 64.1 Å². The third kappa shape index (κ3) is 4.03. The summed E-state index contributed by atoms with van der Waals surface area (Å²) in [5.74, 6) is 0.127. The minimum Gasteiger partial charge on any atom is -0.289 e.